The van der Waals surface area contributed by atoms with Crippen molar-refractivity contribution in [2.45, 2.75) is 19.4 Å². The topological polar surface area (TPSA) is 38.0 Å². The molecule has 0 bridgehead atoms. The molecule has 2 aromatic heterocycles. The summed E-state index contributed by atoms with van der Waals surface area (Å²) in [5.41, 5.74) is 1.76. The Hall–Kier alpha value is -0.840. The normalized spacial score (nSPS) is 13.0. The van der Waals surface area contributed by atoms with Crippen molar-refractivity contribution in [3.05, 3.63) is 38.8 Å². The second-order valence-electron chi connectivity index (χ2n) is 3.59. The third-order valence-corrected chi connectivity index (χ3v) is 3.87. The van der Waals surface area contributed by atoms with Crippen LogP contribution in [0, 0.1) is 0 Å². The number of thiophene rings is 1. The van der Waals surface area contributed by atoms with Gasteiger partial charge in [0.05, 0.1) is 15.6 Å². The summed E-state index contributed by atoms with van der Waals surface area (Å²) in [6.07, 6.45) is 1.98. The molecule has 2 rings (SSSR count). The summed E-state index contributed by atoms with van der Waals surface area (Å²) >= 11 is 7.47. The van der Waals surface area contributed by atoms with E-state index in [9.17, 15) is 5.11 Å². The lowest BCUT2D eigenvalue weighted by molar-refractivity contribution is 0.223. The summed E-state index contributed by atoms with van der Waals surface area (Å²) in [6.45, 7) is 2.02. The van der Waals surface area contributed by atoms with Crippen LogP contribution in [-0.4, -0.2) is 14.9 Å². The molecule has 86 valence electrons. The van der Waals surface area contributed by atoms with Crippen molar-refractivity contribution in [1.82, 2.24) is 9.78 Å². The predicted octanol–water partition coefficient (Wildman–Crippen LogP) is 2.78. The van der Waals surface area contributed by atoms with Gasteiger partial charge in [-0.15, -0.1) is 11.3 Å². The SMILES string of the molecule is CCc1nn(C)cc1C(O)c1sccc1Cl. The molecule has 0 saturated heterocycles. The summed E-state index contributed by atoms with van der Waals surface area (Å²) in [7, 11) is 1.85. The molecule has 1 unspecified atom stereocenters. The van der Waals surface area contributed by atoms with Gasteiger partial charge in [-0.05, 0) is 17.9 Å². The van der Waals surface area contributed by atoms with Crippen molar-refractivity contribution in [2.24, 2.45) is 7.05 Å². The standard InChI is InChI=1S/C11H13ClN2OS/c1-3-9-7(6-14(2)13-9)10(15)11-8(12)4-5-16-11/h4-6,10,15H,3H2,1-2H3. The minimum Gasteiger partial charge on any atom is -0.383 e. The van der Waals surface area contributed by atoms with Gasteiger partial charge in [-0.1, -0.05) is 18.5 Å². The van der Waals surface area contributed by atoms with E-state index in [1.807, 2.05) is 25.5 Å². The molecule has 0 aliphatic carbocycles. The minimum absolute atomic E-state index is 0.614. The van der Waals surface area contributed by atoms with Crippen molar-refractivity contribution in [3.8, 4) is 0 Å². The molecule has 0 amide bonds. The Kier molecular flexibility index (Phi) is 3.33. The molecule has 5 heteroatoms. The predicted molar refractivity (Wildman–Crippen MR) is 66.0 cm³/mol. The molecule has 2 heterocycles. The highest BCUT2D eigenvalue weighted by Crippen LogP contribution is 2.33. The number of hydrogen-bond donors (Lipinski definition) is 1. The zero-order chi connectivity index (χ0) is 11.7. The maximum Gasteiger partial charge on any atom is 0.118 e. The van der Waals surface area contributed by atoms with Crippen molar-refractivity contribution < 1.29 is 5.11 Å². The summed E-state index contributed by atoms with van der Waals surface area (Å²) < 4.78 is 1.72. The summed E-state index contributed by atoms with van der Waals surface area (Å²) in [5.74, 6) is 0. The van der Waals surface area contributed by atoms with E-state index in [-0.39, 0.29) is 0 Å². The highest BCUT2D eigenvalue weighted by atomic mass is 35.5. The third kappa shape index (κ3) is 2.00. The average molecular weight is 257 g/mol. The molecule has 1 atom stereocenters. The van der Waals surface area contributed by atoms with Crippen molar-refractivity contribution in [3.63, 3.8) is 0 Å². The Balaban J connectivity index is 2.40. The Bertz CT molecular complexity index is 492. The fourth-order valence-corrected chi connectivity index (χ4v) is 2.86. The van der Waals surface area contributed by atoms with Crippen LogP contribution in [0.4, 0.5) is 0 Å². The Morgan fingerprint density at radius 1 is 1.62 bits per heavy atom. The summed E-state index contributed by atoms with van der Waals surface area (Å²) in [5, 5.41) is 17.1. The van der Waals surface area contributed by atoms with Gasteiger partial charge in [0.1, 0.15) is 6.10 Å². The van der Waals surface area contributed by atoms with Crippen LogP contribution in [0.5, 0.6) is 0 Å². The van der Waals surface area contributed by atoms with Crippen molar-refractivity contribution >= 4 is 22.9 Å². The fraction of sp³-hybridized carbons (Fsp3) is 0.364. The number of hydrogen-bond acceptors (Lipinski definition) is 3. The molecule has 0 spiro atoms. The molecule has 0 aliphatic heterocycles. The summed E-state index contributed by atoms with van der Waals surface area (Å²) in [4.78, 5) is 0.782. The number of rotatable bonds is 3. The molecule has 0 aromatic carbocycles. The number of halogens is 1. The second kappa shape index (κ2) is 4.57. The first-order valence-electron chi connectivity index (χ1n) is 5.06. The van der Waals surface area contributed by atoms with Gasteiger partial charge in [0, 0.05) is 18.8 Å². The van der Waals surface area contributed by atoms with Gasteiger partial charge in [0.15, 0.2) is 0 Å². The molecule has 0 fully saturated rings. The second-order valence-corrected chi connectivity index (χ2v) is 4.95. The van der Waals surface area contributed by atoms with E-state index in [2.05, 4.69) is 5.10 Å². The van der Waals surface area contributed by atoms with Crippen molar-refractivity contribution in [2.75, 3.05) is 0 Å². The van der Waals surface area contributed by atoms with Gasteiger partial charge in [-0.2, -0.15) is 5.10 Å². The molecule has 2 aromatic rings. The molecule has 1 N–H and O–H groups in total. The van der Waals surface area contributed by atoms with E-state index in [4.69, 9.17) is 11.6 Å². The lowest BCUT2D eigenvalue weighted by Crippen LogP contribution is -2.00. The maximum atomic E-state index is 10.3. The van der Waals surface area contributed by atoms with E-state index < -0.39 is 6.10 Å². The van der Waals surface area contributed by atoms with Crippen LogP contribution in [0.25, 0.3) is 0 Å². The van der Waals surface area contributed by atoms with Crippen LogP contribution in [0.15, 0.2) is 17.6 Å². The van der Waals surface area contributed by atoms with Gasteiger partial charge in [-0.3, -0.25) is 4.68 Å². The first kappa shape index (κ1) is 11.6. The first-order chi connectivity index (χ1) is 7.63. The van der Waals surface area contributed by atoms with Crippen LogP contribution < -0.4 is 0 Å². The van der Waals surface area contributed by atoms with Gasteiger partial charge in [-0.25, -0.2) is 0 Å². The smallest absolute Gasteiger partial charge is 0.118 e. The fourth-order valence-electron chi connectivity index (χ4n) is 1.70. The highest BCUT2D eigenvalue weighted by Gasteiger charge is 2.20. The monoisotopic (exact) mass is 256 g/mol. The van der Waals surface area contributed by atoms with Crippen LogP contribution in [-0.2, 0) is 13.5 Å². The Morgan fingerprint density at radius 3 is 2.94 bits per heavy atom. The Labute approximate surface area is 103 Å². The number of aryl methyl sites for hydroxylation is 2. The number of aliphatic hydroxyl groups is 1. The first-order valence-corrected chi connectivity index (χ1v) is 6.32. The molecule has 0 radical (unpaired) electrons. The van der Waals surface area contributed by atoms with Gasteiger partial charge >= 0.3 is 0 Å². The molecular weight excluding hydrogens is 244 g/mol. The molecular formula is C11H13ClN2OS. The van der Waals surface area contributed by atoms with Crippen molar-refractivity contribution in [1.29, 1.82) is 0 Å². The lowest BCUT2D eigenvalue weighted by atomic mass is 10.1. The van der Waals surface area contributed by atoms with E-state index >= 15 is 0 Å². The largest absolute Gasteiger partial charge is 0.383 e. The van der Waals surface area contributed by atoms with Crippen LogP contribution in [0.2, 0.25) is 5.02 Å². The van der Waals surface area contributed by atoms with Crippen LogP contribution >= 0.6 is 22.9 Å². The van der Waals surface area contributed by atoms with E-state index in [1.54, 1.807) is 10.7 Å². The highest BCUT2D eigenvalue weighted by molar-refractivity contribution is 7.10. The summed E-state index contributed by atoms with van der Waals surface area (Å²) in [6, 6.07) is 1.80. The maximum absolute atomic E-state index is 10.3. The van der Waals surface area contributed by atoms with Crippen LogP contribution in [0.1, 0.15) is 29.2 Å². The molecule has 16 heavy (non-hydrogen) atoms. The van der Waals surface area contributed by atoms with E-state index in [0.717, 1.165) is 22.6 Å². The van der Waals surface area contributed by atoms with E-state index in [0.29, 0.717) is 5.02 Å². The van der Waals surface area contributed by atoms with Crippen LogP contribution in [0.3, 0.4) is 0 Å². The molecule has 3 nitrogen and oxygen atoms in total. The quantitative estimate of drug-likeness (QED) is 0.917. The average Bonchev–Trinajstić information content (AvgIpc) is 2.83. The third-order valence-electron chi connectivity index (χ3n) is 2.46. The number of aliphatic hydroxyl groups excluding tert-OH is 1. The van der Waals surface area contributed by atoms with Gasteiger partial charge < -0.3 is 5.11 Å². The lowest BCUT2D eigenvalue weighted by Gasteiger charge is -2.08. The minimum atomic E-state index is -0.670. The molecule has 0 aliphatic rings. The molecule has 0 saturated carbocycles. The zero-order valence-corrected chi connectivity index (χ0v) is 10.7. The number of aromatic nitrogens is 2. The van der Waals surface area contributed by atoms with E-state index in [1.165, 1.54) is 11.3 Å². The Morgan fingerprint density at radius 2 is 2.38 bits per heavy atom. The van der Waals surface area contributed by atoms with Gasteiger partial charge in [0.2, 0.25) is 0 Å². The zero-order valence-electron chi connectivity index (χ0n) is 9.14. The number of nitrogens with zero attached hydrogens (tertiary/aromatic N) is 2. The van der Waals surface area contributed by atoms with Gasteiger partial charge in [0.25, 0.3) is 0 Å².